The van der Waals surface area contributed by atoms with Crippen molar-refractivity contribution in [2.45, 2.75) is 57.5 Å². The van der Waals surface area contributed by atoms with Crippen LogP contribution in [0.2, 0.25) is 0 Å². The molecule has 2 fully saturated rings. The van der Waals surface area contributed by atoms with Crippen molar-refractivity contribution >= 4 is 5.71 Å². The zero-order valence-electron chi connectivity index (χ0n) is 15.5. The van der Waals surface area contributed by atoms with Gasteiger partial charge in [0.2, 0.25) is 0 Å². The average Bonchev–Trinajstić information content (AvgIpc) is 3.05. The number of hydrogen-bond donors (Lipinski definition) is 1. The lowest BCUT2D eigenvalue weighted by Gasteiger charge is -2.52. The predicted octanol–water partition coefficient (Wildman–Crippen LogP) is 4.59. The standard InChI is InChI=1S/C21H29NO3/c1-4-21-10-9-14-16-11-13(24-2)5-6-15(16)19(22-23)12-17(14)18(21)7-8-20(21)25-3/h5-6,11,14,17-18,20,23H,4,7-10,12H2,1-3H3/b22-19+/t14-,17-,18+,20+,21+/m1/s1. The smallest absolute Gasteiger partial charge is 0.119 e. The third-order valence-electron chi connectivity index (χ3n) is 7.54. The van der Waals surface area contributed by atoms with E-state index in [1.165, 1.54) is 31.2 Å². The molecule has 1 aromatic rings. The molecule has 5 atom stereocenters. The maximum Gasteiger partial charge on any atom is 0.119 e. The van der Waals surface area contributed by atoms with Crippen molar-refractivity contribution in [3.05, 3.63) is 29.3 Å². The number of rotatable bonds is 3. The first kappa shape index (κ1) is 16.9. The SMILES string of the molecule is CC[C@]12CC[C@@H]3c4cc(OC)ccc4/C(=N/O)C[C@H]3[C@@H]1CC[C@@H]2OC. The van der Waals surface area contributed by atoms with Gasteiger partial charge in [-0.1, -0.05) is 12.1 Å². The molecule has 0 aliphatic heterocycles. The van der Waals surface area contributed by atoms with Crippen LogP contribution in [0.5, 0.6) is 5.75 Å². The minimum atomic E-state index is 0.298. The zero-order chi connectivity index (χ0) is 17.6. The van der Waals surface area contributed by atoms with E-state index < -0.39 is 0 Å². The van der Waals surface area contributed by atoms with Gasteiger partial charge in [0.05, 0.1) is 18.9 Å². The fraction of sp³-hybridized carbons (Fsp3) is 0.667. The second kappa shape index (κ2) is 6.31. The Kier molecular flexibility index (Phi) is 4.27. The molecule has 0 heterocycles. The van der Waals surface area contributed by atoms with Gasteiger partial charge in [0.1, 0.15) is 5.75 Å². The molecule has 2 saturated carbocycles. The molecule has 0 bridgehead atoms. The molecule has 0 unspecified atom stereocenters. The van der Waals surface area contributed by atoms with Gasteiger partial charge in [-0.3, -0.25) is 0 Å². The number of oxime groups is 1. The van der Waals surface area contributed by atoms with Crippen LogP contribution in [0.25, 0.3) is 0 Å². The number of hydrogen-bond acceptors (Lipinski definition) is 4. The summed E-state index contributed by atoms with van der Waals surface area (Å²) in [5.74, 6) is 2.62. The summed E-state index contributed by atoms with van der Waals surface area (Å²) in [6.07, 6.45) is 7.24. The Morgan fingerprint density at radius 2 is 2.08 bits per heavy atom. The normalized spacial score (nSPS) is 38.1. The second-order valence-electron chi connectivity index (χ2n) is 8.01. The van der Waals surface area contributed by atoms with Gasteiger partial charge >= 0.3 is 0 Å². The van der Waals surface area contributed by atoms with Crippen molar-refractivity contribution in [3.8, 4) is 5.75 Å². The fourth-order valence-corrected chi connectivity index (χ4v) is 6.41. The molecular formula is C21H29NO3. The molecule has 4 rings (SSSR count). The monoisotopic (exact) mass is 343 g/mol. The van der Waals surface area contributed by atoms with Crippen LogP contribution in [0.3, 0.4) is 0 Å². The van der Waals surface area contributed by atoms with E-state index in [0.29, 0.717) is 29.3 Å². The van der Waals surface area contributed by atoms with Crippen LogP contribution in [0.1, 0.15) is 62.5 Å². The summed E-state index contributed by atoms with van der Waals surface area (Å²) in [5.41, 5.74) is 3.56. The molecule has 0 saturated heterocycles. The molecule has 3 aliphatic rings. The van der Waals surface area contributed by atoms with Crippen LogP contribution in [-0.4, -0.2) is 31.2 Å². The molecule has 136 valence electrons. The topological polar surface area (TPSA) is 51.0 Å². The van der Waals surface area contributed by atoms with Crippen molar-refractivity contribution in [1.29, 1.82) is 0 Å². The van der Waals surface area contributed by atoms with Crippen molar-refractivity contribution in [3.63, 3.8) is 0 Å². The van der Waals surface area contributed by atoms with Crippen molar-refractivity contribution in [2.24, 2.45) is 22.4 Å². The Bertz CT molecular complexity index is 686. The molecule has 0 radical (unpaired) electrons. The van der Waals surface area contributed by atoms with Crippen LogP contribution in [-0.2, 0) is 4.74 Å². The van der Waals surface area contributed by atoms with Crippen LogP contribution < -0.4 is 4.74 Å². The minimum absolute atomic E-state index is 0.298. The van der Waals surface area contributed by atoms with Gasteiger partial charge < -0.3 is 14.7 Å². The van der Waals surface area contributed by atoms with E-state index in [0.717, 1.165) is 29.9 Å². The summed E-state index contributed by atoms with van der Waals surface area (Å²) in [5, 5.41) is 13.3. The van der Waals surface area contributed by atoms with E-state index in [1.54, 1.807) is 7.11 Å². The van der Waals surface area contributed by atoms with Crippen molar-refractivity contribution in [1.82, 2.24) is 0 Å². The predicted molar refractivity (Wildman–Crippen MR) is 97.6 cm³/mol. The van der Waals surface area contributed by atoms with E-state index in [4.69, 9.17) is 9.47 Å². The van der Waals surface area contributed by atoms with E-state index in [9.17, 15) is 5.21 Å². The molecular weight excluding hydrogens is 314 g/mol. The van der Waals surface area contributed by atoms with E-state index >= 15 is 0 Å². The molecule has 0 aromatic heterocycles. The summed E-state index contributed by atoms with van der Waals surface area (Å²) in [4.78, 5) is 0. The maximum absolute atomic E-state index is 9.65. The number of benzene rings is 1. The quantitative estimate of drug-likeness (QED) is 0.645. The molecule has 1 aromatic carbocycles. The summed E-state index contributed by atoms with van der Waals surface area (Å²) >= 11 is 0. The fourth-order valence-electron chi connectivity index (χ4n) is 6.41. The van der Waals surface area contributed by atoms with E-state index in [-0.39, 0.29) is 0 Å². The molecule has 3 aliphatic carbocycles. The molecule has 4 nitrogen and oxygen atoms in total. The van der Waals surface area contributed by atoms with Gasteiger partial charge in [0.25, 0.3) is 0 Å². The average molecular weight is 343 g/mol. The first-order chi connectivity index (χ1) is 12.2. The summed E-state index contributed by atoms with van der Waals surface area (Å²) in [6.45, 7) is 2.32. The van der Waals surface area contributed by atoms with Crippen LogP contribution in [0, 0.1) is 17.3 Å². The molecule has 0 amide bonds. The van der Waals surface area contributed by atoms with E-state index in [1.807, 2.05) is 13.2 Å². The van der Waals surface area contributed by atoms with Gasteiger partial charge in [-0.25, -0.2) is 0 Å². The van der Waals surface area contributed by atoms with Gasteiger partial charge in [-0.05, 0) is 85.5 Å². The van der Waals surface area contributed by atoms with Gasteiger partial charge in [0, 0.05) is 12.7 Å². The number of methoxy groups -OCH3 is 2. The van der Waals surface area contributed by atoms with Gasteiger partial charge in [0.15, 0.2) is 0 Å². The lowest BCUT2D eigenvalue weighted by atomic mass is 9.53. The summed E-state index contributed by atoms with van der Waals surface area (Å²) in [7, 11) is 3.59. The highest BCUT2D eigenvalue weighted by Crippen LogP contribution is 2.63. The number of fused-ring (bicyclic) bond motifs is 5. The third-order valence-corrected chi connectivity index (χ3v) is 7.54. The summed E-state index contributed by atoms with van der Waals surface area (Å²) < 4.78 is 11.4. The van der Waals surface area contributed by atoms with Gasteiger partial charge in [-0.2, -0.15) is 0 Å². The first-order valence-electron chi connectivity index (χ1n) is 9.60. The zero-order valence-corrected chi connectivity index (χ0v) is 15.5. The number of nitrogens with zero attached hydrogens (tertiary/aromatic N) is 1. The lowest BCUT2D eigenvalue weighted by molar-refractivity contribution is -0.0558. The molecule has 25 heavy (non-hydrogen) atoms. The number of ether oxygens (including phenoxy) is 2. The summed E-state index contributed by atoms with van der Waals surface area (Å²) in [6, 6.07) is 6.20. The first-order valence-corrected chi connectivity index (χ1v) is 9.60. The maximum atomic E-state index is 9.65. The Labute approximate surface area is 150 Å². The van der Waals surface area contributed by atoms with Crippen molar-refractivity contribution < 1.29 is 14.7 Å². The molecule has 0 spiro atoms. The lowest BCUT2D eigenvalue weighted by Crippen LogP contribution is -2.46. The highest BCUT2D eigenvalue weighted by atomic mass is 16.5. The van der Waals surface area contributed by atoms with Crippen LogP contribution >= 0.6 is 0 Å². The third kappa shape index (κ3) is 2.33. The van der Waals surface area contributed by atoms with E-state index in [2.05, 4.69) is 24.2 Å². The highest BCUT2D eigenvalue weighted by molar-refractivity contribution is 6.03. The molecule has 4 heteroatoms. The van der Waals surface area contributed by atoms with Crippen LogP contribution in [0.15, 0.2) is 23.4 Å². The minimum Gasteiger partial charge on any atom is -0.497 e. The Morgan fingerprint density at radius 1 is 1.24 bits per heavy atom. The van der Waals surface area contributed by atoms with Crippen LogP contribution in [0.4, 0.5) is 0 Å². The largest absolute Gasteiger partial charge is 0.497 e. The Balaban J connectivity index is 1.77. The Hall–Kier alpha value is -1.55. The highest BCUT2D eigenvalue weighted by Gasteiger charge is 2.57. The second-order valence-corrected chi connectivity index (χ2v) is 8.01. The Morgan fingerprint density at radius 3 is 2.76 bits per heavy atom. The van der Waals surface area contributed by atoms with Crippen molar-refractivity contribution in [2.75, 3.05) is 14.2 Å². The van der Waals surface area contributed by atoms with Gasteiger partial charge in [-0.15, -0.1) is 0 Å². The molecule has 1 N–H and O–H groups in total.